The Morgan fingerprint density at radius 2 is 2.18 bits per heavy atom. The first-order chi connectivity index (χ1) is 8.08. The van der Waals surface area contributed by atoms with E-state index >= 15 is 0 Å². The quantitative estimate of drug-likeness (QED) is 0.643. The van der Waals surface area contributed by atoms with Crippen LogP contribution in [0.3, 0.4) is 0 Å². The summed E-state index contributed by atoms with van der Waals surface area (Å²) in [7, 11) is 0. The minimum Gasteiger partial charge on any atom is -0.382 e. The largest absolute Gasteiger partial charge is 0.382 e. The molecule has 0 aliphatic heterocycles. The molecule has 2 unspecified atom stereocenters. The summed E-state index contributed by atoms with van der Waals surface area (Å²) in [5.74, 6) is 0.647. The predicted molar refractivity (Wildman–Crippen MR) is 68.3 cm³/mol. The van der Waals surface area contributed by atoms with E-state index in [1.807, 2.05) is 6.92 Å². The van der Waals surface area contributed by atoms with Gasteiger partial charge >= 0.3 is 0 Å². The summed E-state index contributed by atoms with van der Waals surface area (Å²) in [4.78, 5) is 10.4. The van der Waals surface area contributed by atoms with Crippen LogP contribution >= 0.6 is 0 Å². The van der Waals surface area contributed by atoms with Crippen molar-refractivity contribution in [2.75, 3.05) is 5.32 Å². The van der Waals surface area contributed by atoms with Crippen LogP contribution in [-0.4, -0.2) is 11.0 Å². The molecule has 1 aromatic rings. The number of hydrogen-bond donors (Lipinski definition) is 1. The molecule has 1 saturated carbocycles. The molecule has 4 nitrogen and oxygen atoms in total. The Hall–Kier alpha value is -1.58. The third-order valence-corrected chi connectivity index (χ3v) is 3.63. The number of nitro benzene ring substituents is 1. The third-order valence-electron chi connectivity index (χ3n) is 3.63. The average Bonchev–Trinajstić information content (AvgIpc) is 2.67. The van der Waals surface area contributed by atoms with Crippen molar-refractivity contribution >= 4 is 11.4 Å². The molecule has 0 heterocycles. The van der Waals surface area contributed by atoms with Gasteiger partial charge in [-0.3, -0.25) is 10.1 Å². The average molecular weight is 234 g/mol. The van der Waals surface area contributed by atoms with E-state index in [-0.39, 0.29) is 10.6 Å². The van der Waals surface area contributed by atoms with E-state index in [4.69, 9.17) is 0 Å². The minimum absolute atomic E-state index is 0.156. The van der Waals surface area contributed by atoms with Crippen molar-refractivity contribution in [2.45, 2.75) is 39.2 Å². The van der Waals surface area contributed by atoms with Gasteiger partial charge in [-0.15, -0.1) is 0 Å². The van der Waals surface area contributed by atoms with Gasteiger partial charge in [0.2, 0.25) is 0 Å². The summed E-state index contributed by atoms with van der Waals surface area (Å²) in [6.07, 6.45) is 3.64. The van der Waals surface area contributed by atoms with Gasteiger partial charge in [-0.25, -0.2) is 0 Å². The van der Waals surface area contributed by atoms with Gasteiger partial charge in [0.1, 0.15) is 0 Å². The third kappa shape index (κ3) is 2.57. The predicted octanol–water partition coefficient (Wildman–Crippen LogP) is 3.50. The Balaban J connectivity index is 2.19. The SMILES string of the molecule is Cc1ccc([N+](=O)[O-])cc1NC1CCCC1C. The molecule has 0 spiro atoms. The van der Waals surface area contributed by atoms with Crippen LogP contribution in [0.4, 0.5) is 11.4 Å². The first-order valence-corrected chi connectivity index (χ1v) is 6.09. The summed E-state index contributed by atoms with van der Waals surface area (Å²) >= 11 is 0. The van der Waals surface area contributed by atoms with E-state index < -0.39 is 0 Å². The Labute approximate surface area is 101 Å². The topological polar surface area (TPSA) is 55.2 Å². The lowest BCUT2D eigenvalue weighted by Crippen LogP contribution is -2.22. The lowest BCUT2D eigenvalue weighted by atomic mass is 10.1. The van der Waals surface area contributed by atoms with E-state index in [1.54, 1.807) is 18.2 Å². The highest BCUT2D eigenvalue weighted by molar-refractivity contribution is 5.57. The van der Waals surface area contributed by atoms with Gasteiger partial charge < -0.3 is 5.32 Å². The molecule has 0 saturated heterocycles. The van der Waals surface area contributed by atoms with Crippen molar-refractivity contribution in [3.63, 3.8) is 0 Å². The molecule has 17 heavy (non-hydrogen) atoms. The van der Waals surface area contributed by atoms with Crippen LogP contribution in [0.5, 0.6) is 0 Å². The zero-order valence-electron chi connectivity index (χ0n) is 10.3. The Morgan fingerprint density at radius 1 is 1.41 bits per heavy atom. The van der Waals surface area contributed by atoms with Crippen molar-refractivity contribution in [3.8, 4) is 0 Å². The van der Waals surface area contributed by atoms with Crippen LogP contribution in [-0.2, 0) is 0 Å². The molecule has 0 aromatic heterocycles. The fourth-order valence-corrected chi connectivity index (χ4v) is 2.44. The molecule has 1 aliphatic carbocycles. The molecule has 1 fully saturated rings. The highest BCUT2D eigenvalue weighted by Crippen LogP contribution is 2.30. The van der Waals surface area contributed by atoms with Gasteiger partial charge in [-0.05, 0) is 31.2 Å². The molecule has 1 aromatic carbocycles. The zero-order chi connectivity index (χ0) is 12.4. The number of hydrogen-bond acceptors (Lipinski definition) is 3. The lowest BCUT2D eigenvalue weighted by molar-refractivity contribution is -0.384. The Bertz CT molecular complexity index is 431. The number of nitrogens with zero attached hydrogens (tertiary/aromatic N) is 1. The maximum absolute atomic E-state index is 10.7. The van der Waals surface area contributed by atoms with Gasteiger partial charge in [-0.2, -0.15) is 0 Å². The van der Waals surface area contributed by atoms with Crippen molar-refractivity contribution in [1.82, 2.24) is 0 Å². The molecule has 92 valence electrons. The number of nitro groups is 1. The number of aryl methyl sites for hydroxylation is 1. The number of nitrogens with one attached hydrogen (secondary N) is 1. The first kappa shape index (κ1) is 11.9. The summed E-state index contributed by atoms with van der Waals surface area (Å²) in [5, 5.41) is 14.2. The van der Waals surface area contributed by atoms with Gasteiger partial charge in [0.05, 0.1) is 4.92 Å². The van der Waals surface area contributed by atoms with Gasteiger partial charge in [0, 0.05) is 23.9 Å². The smallest absolute Gasteiger partial charge is 0.271 e. The summed E-state index contributed by atoms with van der Waals surface area (Å²) in [6.45, 7) is 4.21. The second-order valence-electron chi connectivity index (χ2n) is 4.92. The summed E-state index contributed by atoms with van der Waals surface area (Å²) in [6, 6.07) is 5.45. The number of rotatable bonds is 3. The van der Waals surface area contributed by atoms with E-state index in [9.17, 15) is 10.1 Å². The van der Waals surface area contributed by atoms with Crippen LogP contribution < -0.4 is 5.32 Å². The Morgan fingerprint density at radius 3 is 2.76 bits per heavy atom. The summed E-state index contributed by atoms with van der Waals surface area (Å²) < 4.78 is 0. The number of anilines is 1. The molecule has 4 heteroatoms. The van der Waals surface area contributed by atoms with Crippen molar-refractivity contribution in [1.29, 1.82) is 0 Å². The van der Waals surface area contributed by atoms with E-state index in [0.717, 1.165) is 17.7 Å². The monoisotopic (exact) mass is 234 g/mol. The minimum atomic E-state index is -0.345. The molecule has 2 rings (SSSR count). The molecular formula is C13H18N2O2. The first-order valence-electron chi connectivity index (χ1n) is 6.09. The van der Waals surface area contributed by atoms with E-state index in [0.29, 0.717) is 12.0 Å². The van der Waals surface area contributed by atoms with Crippen LogP contribution in [0.25, 0.3) is 0 Å². The van der Waals surface area contributed by atoms with Crippen molar-refractivity contribution in [2.24, 2.45) is 5.92 Å². The van der Waals surface area contributed by atoms with Crippen molar-refractivity contribution in [3.05, 3.63) is 33.9 Å². The molecule has 1 N–H and O–H groups in total. The van der Waals surface area contributed by atoms with Gasteiger partial charge in [0.15, 0.2) is 0 Å². The molecule has 0 bridgehead atoms. The normalized spacial score (nSPS) is 23.6. The molecule has 0 radical (unpaired) electrons. The fourth-order valence-electron chi connectivity index (χ4n) is 2.44. The standard InChI is InChI=1S/C13H18N2O2/c1-9-4-3-5-12(9)14-13-8-11(15(16)17)7-6-10(13)2/h6-9,12,14H,3-5H2,1-2H3. The maximum atomic E-state index is 10.7. The van der Waals surface area contributed by atoms with E-state index in [2.05, 4.69) is 12.2 Å². The maximum Gasteiger partial charge on any atom is 0.271 e. The zero-order valence-corrected chi connectivity index (χ0v) is 10.3. The number of non-ortho nitro benzene ring substituents is 1. The van der Waals surface area contributed by atoms with Crippen LogP contribution in [0, 0.1) is 23.0 Å². The van der Waals surface area contributed by atoms with Gasteiger partial charge in [-0.1, -0.05) is 19.4 Å². The second kappa shape index (κ2) is 4.73. The highest BCUT2D eigenvalue weighted by Gasteiger charge is 2.23. The van der Waals surface area contributed by atoms with Crippen molar-refractivity contribution < 1.29 is 4.92 Å². The molecule has 1 aliphatic rings. The second-order valence-corrected chi connectivity index (χ2v) is 4.92. The summed E-state index contributed by atoms with van der Waals surface area (Å²) in [5.41, 5.74) is 2.12. The fraction of sp³-hybridized carbons (Fsp3) is 0.538. The highest BCUT2D eigenvalue weighted by atomic mass is 16.6. The molecular weight excluding hydrogens is 216 g/mol. The number of benzene rings is 1. The van der Waals surface area contributed by atoms with Crippen LogP contribution in [0.2, 0.25) is 0 Å². The molecule has 2 atom stereocenters. The van der Waals surface area contributed by atoms with E-state index in [1.165, 1.54) is 12.8 Å². The van der Waals surface area contributed by atoms with Crippen LogP contribution in [0.1, 0.15) is 31.7 Å². The van der Waals surface area contributed by atoms with Crippen LogP contribution in [0.15, 0.2) is 18.2 Å². The van der Waals surface area contributed by atoms with Gasteiger partial charge in [0.25, 0.3) is 5.69 Å². The lowest BCUT2D eigenvalue weighted by Gasteiger charge is -2.19. The Kier molecular flexibility index (Phi) is 3.31. The molecule has 0 amide bonds.